The van der Waals surface area contributed by atoms with Gasteiger partial charge in [0.2, 0.25) is 17.4 Å². The summed E-state index contributed by atoms with van der Waals surface area (Å²) in [6.45, 7) is 4.24. The van der Waals surface area contributed by atoms with Crippen LogP contribution in [0.15, 0.2) is 30.3 Å². The van der Waals surface area contributed by atoms with Crippen LogP contribution in [0, 0.1) is 0 Å². The van der Waals surface area contributed by atoms with Crippen molar-refractivity contribution in [3.8, 4) is 0 Å². The number of alkyl halides is 4. The fourth-order valence-electron chi connectivity index (χ4n) is 2.17. The molecule has 1 aromatic rings. The van der Waals surface area contributed by atoms with Gasteiger partial charge >= 0.3 is 0 Å². The van der Waals surface area contributed by atoms with Crippen molar-refractivity contribution in [2.45, 2.75) is 74.3 Å². The van der Waals surface area contributed by atoms with E-state index >= 15 is 0 Å². The number of benzene rings is 1. The molecule has 0 spiro atoms. The number of rotatable bonds is 13. The van der Waals surface area contributed by atoms with Crippen molar-refractivity contribution < 1.29 is 9.05 Å². The van der Waals surface area contributed by atoms with E-state index in [1.165, 1.54) is 0 Å². The smallest absolute Gasteiger partial charge is 0.223 e. The second-order valence-corrected chi connectivity index (χ2v) is 10.2. The van der Waals surface area contributed by atoms with Crippen LogP contribution in [-0.4, -0.2) is 9.04 Å². The fraction of sp³-hybridized carbons (Fsp3) is 0.667. The lowest BCUT2D eigenvalue weighted by Crippen LogP contribution is -2.24. The van der Waals surface area contributed by atoms with E-state index in [2.05, 4.69) is 13.8 Å². The van der Waals surface area contributed by atoms with Gasteiger partial charge in [-0.25, -0.2) is 0 Å². The number of halogens is 4. The highest BCUT2D eigenvalue weighted by molar-refractivity contribution is 7.56. The Morgan fingerprint density at radius 1 is 0.760 bits per heavy atom. The third-order valence-corrected chi connectivity index (χ3v) is 6.71. The largest absolute Gasteiger partial charge is 0.293 e. The lowest BCUT2D eigenvalue weighted by atomic mass is 10.2. The van der Waals surface area contributed by atoms with E-state index in [4.69, 9.17) is 55.5 Å². The first-order chi connectivity index (χ1) is 11.8. The predicted octanol–water partition coefficient (Wildman–Crippen LogP) is 8.08. The first kappa shape index (κ1) is 23.8. The molecule has 25 heavy (non-hydrogen) atoms. The Balaban J connectivity index is 2.80. The van der Waals surface area contributed by atoms with E-state index in [0.717, 1.165) is 43.8 Å². The zero-order valence-electron chi connectivity index (χ0n) is 14.8. The summed E-state index contributed by atoms with van der Waals surface area (Å²) < 4.78 is 9.18. The van der Waals surface area contributed by atoms with Crippen molar-refractivity contribution in [1.82, 2.24) is 0 Å². The Bertz CT molecular complexity index is 447. The van der Waals surface area contributed by atoms with Crippen LogP contribution in [0.3, 0.4) is 0 Å². The Morgan fingerprint density at radius 2 is 1.20 bits per heavy atom. The Hall–Kier alpha value is 0.730. The van der Waals surface area contributed by atoms with Crippen molar-refractivity contribution in [3.63, 3.8) is 0 Å². The zero-order valence-corrected chi connectivity index (χ0v) is 18.7. The Morgan fingerprint density at radius 3 is 1.60 bits per heavy atom. The predicted molar refractivity (Wildman–Crippen MR) is 112 cm³/mol. The summed E-state index contributed by atoms with van der Waals surface area (Å²) in [7, 11) is -1.60. The molecule has 1 aromatic carbocycles. The molecule has 0 bridgehead atoms. The highest BCUT2D eigenvalue weighted by Gasteiger charge is 2.36. The highest BCUT2D eigenvalue weighted by atomic mass is 35.5. The van der Waals surface area contributed by atoms with Gasteiger partial charge in [-0.1, -0.05) is 104 Å². The van der Waals surface area contributed by atoms with E-state index in [-0.39, 0.29) is 0 Å². The van der Waals surface area contributed by atoms with Crippen LogP contribution in [0.5, 0.6) is 0 Å². The number of hydrogen-bond donors (Lipinski definition) is 0. The summed E-state index contributed by atoms with van der Waals surface area (Å²) in [5, 5.41) is 0.833. The molecule has 0 aliphatic rings. The molecule has 0 heterocycles. The lowest BCUT2D eigenvalue weighted by Gasteiger charge is -2.30. The van der Waals surface area contributed by atoms with Crippen LogP contribution in [-0.2, 0) is 9.05 Å². The molecular weight excluding hydrogens is 421 g/mol. The molecule has 144 valence electrons. The Kier molecular flexibility index (Phi) is 11.6. The van der Waals surface area contributed by atoms with E-state index in [9.17, 15) is 0 Å². The molecule has 1 rings (SSSR count). The van der Waals surface area contributed by atoms with Gasteiger partial charge in [-0.15, -0.1) is 0 Å². The molecule has 0 fully saturated rings. The van der Waals surface area contributed by atoms with E-state index in [1.807, 2.05) is 30.3 Å². The molecule has 0 radical (unpaired) electrons. The maximum atomic E-state index is 6.37. The molecule has 0 unspecified atom stereocenters. The third-order valence-electron chi connectivity index (χ3n) is 3.54. The molecule has 0 aliphatic heterocycles. The van der Waals surface area contributed by atoms with E-state index < -0.39 is 17.4 Å². The molecule has 0 saturated carbocycles. The third kappa shape index (κ3) is 10.6. The van der Waals surface area contributed by atoms with Gasteiger partial charge in [-0.2, -0.15) is 0 Å². The van der Waals surface area contributed by atoms with Gasteiger partial charge < -0.3 is 0 Å². The molecule has 0 N–H and O–H groups in total. The molecule has 0 amide bonds. The molecule has 0 aromatic heterocycles. The van der Waals surface area contributed by atoms with Crippen LogP contribution in [0.2, 0.25) is 0 Å². The molecule has 7 heteroatoms. The first-order valence-electron chi connectivity index (χ1n) is 8.78. The van der Waals surface area contributed by atoms with Gasteiger partial charge in [0.1, 0.15) is 0 Å². The van der Waals surface area contributed by atoms with Gasteiger partial charge in [0, 0.05) is 18.1 Å². The van der Waals surface area contributed by atoms with Gasteiger partial charge in [-0.05, 0) is 25.0 Å². The average Bonchev–Trinajstić information content (AvgIpc) is 2.55. The minimum atomic E-state index is -1.60. The molecule has 0 saturated heterocycles. The second kappa shape index (κ2) is 12.2. The van der Waals surface area contributed by atoms with Crippen molar-refractivity contribution in [1.29, 1.82) is 0 Å². The van der Waals surface area contributed by atoms with Crippen LogP contribution < -0.4 is 5.30 Å². The summed E-state index contributed by atoms with van der Waals surface area (Å²) in [5.74, 6) is 0. The standard InChI is InChI=1S/C18H27Cl4O2P/c1-3-5-10-14-17(19,20)23-25(16-12-8-7-9-13-16)24-18(21,22)15-11-6-4-2/h7-9,12-13H,3-6,10-11,14-15H2,1-2H3. The summed E-state index contributed by atoms with van der Waals surface area (Å²) in [6.07, 6.45) is 7.05. The quantitative estimate of drug-likeness (QED) is 0.173. The minimum Gasteiger partial charge on any atom is -0.293 e. The normalized spacial score (nSPS) is 12.8. The second-order valence-electron chi connectivity index (χ2n) is 5.96. The van der Waals surface area contributed by atoms with Crippen LogP contribution in [0.4, 0.5) is 0 Å². The maximum Gasteiger partial charge on any atom is 0.223 e. The number of hydrogen-bond acceptors (Lipinski definition) is 2. The van der Waals surface area contributed by atoms with E-state index in [0.29, 0.717) is 12.8 Å². The highest BCUT2D eigenvalue weighted by Crippen LogP contribution is 2.52. The fourth-order valence-corrected chi connectivity index (χ4v) is 4.79. The van der Waals surface area contributed by atoms with Crippen LogP contribution in [0.25, 0.3) is 0 Å². The van der Waals surface area contributed by atoms with Crippen molar-refractivity contribution in [2.24, 2.45) is 0 Å². The van der Waals surface area contributed by atoms with Gasteiger partial charge in [-0.3, -0.25) is 9.05 Å². The van der Waals surface area contributed by atoms with Crippen molar-refractivity contribution in [3.05, 3.63) is 30.3 Å². The summed E-state index contributed by atoms with van der Waals surface area (Å²) in [5.41, 5.74) is 0. The van der Waals surface area contributed by atoms with Crippen molar-refractivity contribution >= 4 is 60.1 Å². The van der Waals surface area contributed by atoms with Crippen LogP contribution >= 0.6 is 54.8 Å². The maximum absolute atomic E-state index is 6.37. The monoisotopic (exact) mass is 446 g/mol. The lowest BCUT2D eigenvalue weighted by molar-refractivity contribution is 0.170. The molecule has 0 atom stereocenters. The molecule has 0 aliphatic carbocycles. The average molecular weight is 448 g/mol. The van der Waals surface area contributed by atoms with Crippen molar-refractivity contribution in [2.75, 3.05) is 0 Å². The summed E-state index contributed by atoms with van der Waals surface area (Å²) >= 11 is 25.5. The minimum absolute atomic E-state index is 0.520. The molecule has 2 nitrogen and oxygen atoms in total. The number of unbranched alkanes of at least 4 members (excludes halogenated alkanes) is 4. The van der Waals surface area contributed by atoms with Crippen LogP contribution in [0.1, 0.15) is 65.2 Å². The van der Waals surface area contributed by atoms with E-state index in [1.54, 1.807) is 0 Å². The van der Waals surface area contributed by atoms with Gasteiger partial charge in [0.25, 0.3) is 0 Å². The topological polar surface area (TPSA) is 18.5 Å². The Labute approximate surface area is 173 Å². The molecular formula is C18H27Cl4O2P. The van der Waals surface area contributed by atoms with Gasteiger partial charge in [0.05, 0.1) is 0 Å². The SMILES string of the molecule is CCCCCC(Cl)(Cl)OP(OC(Cl)(Cl)CCCCC)c1ccccc1. The summed E-state index contributed by atoms with van der Waals surface area (Å²) in [6, 6.07) is 9.53. The zero-order chi connectivity index (χ0) is 18.8. The van der Waals surface area contributed by atoms with Gasteiger partial charge in [0.15, 0.2) is 0 Å². The summed E-state index contributed by atoms with van der Waals surface area (Å²) in [4.78, 5) is 0. The first-order valence-corrected chi connectivity index (χ1v) is 11.5.